The third kappa shape index (κ3) is 4.20. The lowest BCUT2D eigenvalue weighted by Gasteiger charge is -2.34. The van der Waals surface area contributed by atoms with Crippen LogP contribution >= 0.6 is 0 Å². The topological polar surface area (TPSA) is 48.6 Å². The average molecular weight is 377 g/mol. The van der Waals surface area contributed by atoms with Crippen LogP contribution in [0.2, 0.25) is 0 Å². The second-order valence-corrected chi connectivity index (χ2v) is 7.34. The number of aryl methyl sites for hydroxylation is 1. The molecule has 4 rings (SSSR count). The van der Waals surface area contributed by atoms with Gasteiger partial charge in [-0.3, -0.25) is 9.69 Å². The van der Waals surface area contributed by atoms with Gasteiger partial charge in [0, 0.05) is 49.3 Å². The Morgan fingerprint density at radius 2 is 1.71 bits per heavy atom. The van der Waals surface area contributed by atoms with Gasteiger partial charge in [0.15, 0.2) is 0 Å². The lowest BCUT2D eigenvalue weighted by molar-refractivity contribution is -0.133. The number of fused-ring (bicyclic) bond motifs is 1. The van der Waals surface area contributed by atoms with E-state index in [2.05, 4.69) is 41.1 Å². The van der Waals surface area contributed by atoms with Gasteiger partial charge in [0.2, 0.25) is 5.91 Å². The molecule has 0 aliphatic carbocycles. The van der Waals surface area contributed by atoms with Crippen LogP contribution in [0.1, 0.15) is 17.7 Å². The predicted octanol–water partition coefficient (Wildman–Crippen LogP) is 3.59. The number of carbonyl (C=O) groups excluding carboxylic acids is 1. The van der Waals surface area contributed by atoms with E-state index in [1.54, 1.807) is 0 Å². The molecule has 1 saturated heterocycles. The fraction of sp³-hybridized carbons (Fsp3) is 0.348. The highest BCUT2D eigenvalue weighted by Crippen LogP contribution is 2.23. The number of rotatable bonds is 6. The van der Waals surface area contributed by atoms with Gasteiger partial charge in [-0.1, -0.05) is 36.4 Å². The zero-order valence-corrected chi connectivity index (χ0v) is 16.4. The van der Waals surface area contributed by atoms with Crippen molar-refractivity contribution in [3.05, 3.63) is 65.9 Å². The Labute approximate surface area is 165 Å². The number of benzene rings is 2. The van der Waals surface area contributed by atoms with Crippen LogP contribution in [-0.4, -0.2) is 53.5 Å². The summed E-state index contributed by atoms with van der Waals surface area (Å²) >= 11 is 0. The van der Waals surface area contributed by atoms with E-state index in [1.807, 2.05) is 35.2 Å². The van der Waals surface area contributed by atoms with E-state index in [0.717, 1.165) is 38.5 Å². The number of piperazine rings is 1. The molecule has 1 aromatic heterocycles. The first kappa shape index (κ1) is 18.6. The van der Waals surface area contributed by atoms with Gasteiger partial charge < -0.3 is 14.6 Å². The van der Waals surface area contributed by atoms with Crippen LogP contribution in [0.4, 0.5) is 0 Å². The molecule has 0 radical (unpaired) electrons. The van der Waals surface area contributed by atoms with E-state index in [4.69, 9.17) is 4.74 Å². The third-order valence-electron chi connectivity index (χ3n) is 5.46. The summed E-state index contributed by atoms with van der Waals surface area (Å²) in [5.74, 6) is 0.994. The van der Waals surface area contributed by atoms with E-state index in [0.29, 0.717) is 13.0 Å². The van der Waals surface area contributed by atoms with Crippen molar-refractivity contribution in [1.29, 1.82) is 0 Å². The molecular weight excluding hydrogens is 350 g/mol. The smallest absolute Gasteiger partial charge is 0.226 e. The summed E-state index contributed by atoms with van der Waals surface area (Å²) in [6.07, 6.45) is 0.427. The molecule has 5 heteroatoms. The maximum atomic E-state index is 12.5. The van der Waals surface area contributed by atoms with Crippen molar-refractivity contribution in [2.45, 2.75) is 19.9 Å². The van der Waals surface area contributed by atoms with Crippen molar-refractivity contribution in [1.82, 2.24) is 14.8 Å². The first-order valence-corrected chi connectivity index (χ1v) is 9.95. The van der Waals surface area contributed by atoms with Crippen LogP contribution in [0.25, 0.3) is 10.9 Å². The Bertz CT molecular complexity index is 927. The second-order valence-electron chi connectivity index (χ2n) is 7.34. The molecule has 0 atom stereocenters. The molecule has 146 valence electrons. The molecule has 3 aromatic rings. The Kier molecular flexibility index (Phi) is 5.63. The monoisotopic (exact) mass is 377 g/mol. The van der Waals surface area contributed by atoms with Gasteiger partial charge in [-0.2, -0.15) is 0 Å². The van der Waals surface area contributed by atoms with E-state index in [-0.39, 0.29) is 5.91 Å². The van der Waals surface area contributed by atoms with Gasteiger partial charge >= 0.3 is 0 Å². The lowest BCUT2D eigenvalue weighted by atomic mass is 10.1. The van der Waals surface area contributed by atoms with Gasteiger partial charge in [-0.05, 0) is 30.7 Å². The number of aromatic nitrogens is 1. The molecule has 2 heterocycles. The van der Waals surface area contributed by atoms with Gasteiger partial charge in [-0.25, -0.2) is 0 Å². The number of nitrogens with zero attached hydrogens (tertiary/aromatic N) is 2. The fourth-order valence-electron chi connectivity index (χ4n) is 3.85. The lowest BCUT2D eigenvalue weighted by Crippen LogP contribution is -2.48. The van der Waals surface area contributed by atoms with Crippen molar-refractivity contribution in [2.75, 3.05) is 32.8 Å². The highest BCUT2D eigenvalue weighted by molar-refractivity contribution is 5.84. The summed E-state index contributed by atoms with van der Waals surface area (Å²) in [5.41, 5.74) is 3.80. The van der Waals surface area contributed by atoms with Crippen LogP contribution < -0.4 is 4.74 Å². The van der Waals surface area contributed by atoms with E-state index in [9.17, 15) is 4.79 Å². The molecule has 1 aliphatic heterocycles. The highest BCUT2D eigenvalue weighted by Gasteiger charge is 2.22. The summed E-state index contributed by atoms with van der Waals surface area (Å²) in [5, 5.41) is 1.30. The van der Waals surface area contributed by atoms with E-state index < -0.39 is 0 Å². The molecule has 1 fully saturated rings. The number of nitrogens with one attached hydrogen (secondary N) is 1. The van der Waals surface area contributed by atoms with E-state index >= 15 is 0 Å². The molecule has 0 spiro atoms. The quantitative estimate of drug-likeness (QED) is 0.714. The summed E-state index contributed by atoms with van der Waals surface area (Å²) in [4.78, 5) is 20.3. The second kappa shape index (κ2) is 8.48. The Balaban J connectivity index is 1.26. The predicted molar refractivity (Wildman–Crippen MR) is 111 cm³/mol. The minimum atomic E-state index is 0.179. The number of hydrogen-bond donors (Lipinski definition) is 1. The van der Waals surface area contributed by atoms with Crippen LogP contribution in [0, 0.1) is 6.92 Å². The zero-order valence-electron chi connectivity index (χ0n) is 16.4. The normalized spacial score (nSPS) is 15.1. The van der Waals surface area contributed by atoms with Crippen LogP contribution in [0.3, 0.4) is 0 Å². The number of para-hydroxylation sites is 2. The molecule has 0 bridgehead atoms. The summed E-state index contributed by atoms with van der Waals surface area (Å²) < 4.78 is 5.65. The molecule has 0 unspecified atom stereocenters. The van der Waals surface area contributed by atoms with Crippen molar-refractivity contribution >= 4 is 16.8 Å². The summed E-state index contributed by atoms with van der Waals surface area (Å²) in [6.45, 7) is 6.88. The molecule has 1 N–H and O–H groups in total. The maximum absolute atomic E-state index is 12.5. The molecule has 2 aromatic carbocycles. The van der Waals surface area contributed by atoms with Crippen LogP contribution in [0.5, 0.6) is 5.75 Å². The first-order chi connectivity index (χ1) is 13.7. The number of ether oxygens (including phenoxy) is 1. The van der Waals surface area contributed by atoms with E-state index in [1.165, 1.54) is 22.2 Å². The van der Waals surface area contributed by atoms with Crippen LogP contribution in [0.15, 0.2) is 54.6 Å². The SMILES string of the molecule is Cc1[nH]c2ccccc2c1CN1CCN(C(=O)CCOc2ccccc2)CC1. The Morgan fingerprint density at radius 1 is 1.00 bits per heavy atom. The number of H-pyrrole nitrogens is 1. The standard InChI is InChI=1S/C23H27N3O2/c1-18-21(20-9-5-6-10-22(20)24-18)17-25-12-14-26(15-13-25)23(27)11-16-28-19-7-3-2-4-8-19/h2-10,24H,11-17H2,1H3. The van der Waals surface area contributed by atoms with Crippen LogP contribution in [-0.2, 0) is 11.3 Å². The minimum absolute atomic E-state index is 0.179. The number of carbonyl (C=O) groups is 1. The Hall–Kier alpha value is -2.79. The van der Waals surface area contributed by atoms with Crippen molar-refractivity contribution < 1.29 is 9.53 Å². The third-order valence-corrected chi connectivity index (χ3v) is 5.46. The first-order valence-electron chi connectivity index (χ1n) is 9.95. The number of hydrogen-bond acceptors (Lipinski definition) is 3. The number of amides is 1. The van der Waals surface area contributed by atoms with Crippen molar-refractivity contribution in [3.8, 4) is 5.75 Å². The zero-order chi connectivity index (χ0) is 19.3. The molecule has 5 nitrogen and oxygen atoms in total. The van der Waals surface area contributed by atoms with Gasteiger partial charge in [-0.15, -0.1) is 0 Å². The fourth-order valence-corrected chi connectivity index (χ4v) is 3.85. The molecule has 1 amide bonds. The average Bonchev–Trinajstić information content (AvgIpc) is 3.04. The molecular formula is C23H27N3O2. The summed E-state index contributed by atoms with van der Waals surface area (Å²) in [6, 6.07) is 18.1. The minimum Gasteiger partial charge on any atom is -0.493 e. The van der Waals surface area contributed by atoms with Crippen molar-refractivity contribution in [3.63, 3.8) is 0 Å². The van der Waals surface area contributed by atoms with Crippen molar-refractivity contribution in [2.24, 2.45) is 0 Å². The molecule has 1 aliphatic rings. The molecule has 28 heavy (non-hydrogen) atoms. The highest BCUT2D eigenvalue weighted by atomic mass is 16.5. The largest absolute Gasteiger partial charge is 0.493 e. The summed E-state index contributed by atoms with van der Waals surface area (Å²) in [7, 11) is 0. The maximum Gasteiger partial charge on any atom is 0.226 e. The number of aromatic amines is 1. The molecule has 0 saturated carbocycles. The van der Waals surface area contributed by atoms with Gasteiger partial charge in [0.1, 0.15) is 5.75 Å². The van der Waals surface area contributed by atoms with Gasteiger partial charge in [0.25, 0.3) is 0 Å². The van der Waals surface area contributed by atoms with Gasteiger partial charge in [0.05, 0.1) is 13.0 Å². The Morgan fingerprint density at radius 3 is 2.50 bits per heavy atom.